The molecule has 22 heavy (non-hydrogen) atoms. The number of carbonyl (C=O) groups is 3. The third kappa shape index (κ3) is 24.0. The fraction of sp³-hybridized carbons (Fsp3) is 0.700. The van der Waals surface area contributed by atoms with Crippen LogP contribution in [0.4, 0.5) is 0 Å². The average molecular weight is 370 g/mol. The minimum absolute atomic E-state index is 0. The third-order valence-corrected chi connectivity index (χ3v) is 1.79. The smallest absolute Gasteiger partial charge is 0.336 e. The Hall–Kier alpha value is -1.08. The summed E-state index contributed by atoms with van der Waals surface area (Å²) in [6.45, 7) is 4.36. The van der Waals surface area contributed by atoms with Gasteiger partial charge in [0.2, 0.25) is 0 Å². The molecule has 0 aliphatic rings. The molecule has 0 aromatic rings. The maximum absolute atomic E-state index is 10.3. The van der Waals surface area contributed by atoms with Gasteiger partial charge in [-0.25, -0.2) is 4.79 Å². The van der Waals surface area contributed by atoms with Gasteiger partial charge in [0.25, 0.3) is 0 Å². The van der Waals surface area contributed by atoms with Crippen LogP contribution >= 0.6 is 0 Å². The Bertz CT molecular complexity index is 264. The predicted molar refractivity (Wildman–Crippen MR) is 72.1 cm³/mol. The van der Waals surface area contributed by atoms with E-state index in [1.165, 1.54) is 12.8 Å². The van der Waals surface area contributed by atoms with Crippen molar-refractivity contribution < 1.29 is 78.4 Å². The fourth-order valence-corrected chi connectivity index (χ4v) is 0.714. The van der Waals surface area contributed by atoms with Crippen molar-refractivity contribution in [1.29, 1.82) is 0 Å². The summed E-state index contributed by atoms with van der Waals surface area (Å²) in [6, 6.07) is 0. The number of carboxylic acids is 3. The molecular formula is C10H26O11Ti. The number of hydrogen-bond acceptors (Lipinski definition) is 4. The average Bonchev–Trinajstić information content (AvgIpc) is 2.15. The number of hydrogen-bond donors (Lipinski definition) is 4. The number of aliphatic hydroxyl groups is 1. The second kappa shape index (κ2) is 22.2. The topological polar surface area (TPSA) is 258 Å². The van der Waals surface area contributed by atoms with Crippen molar-refractivity contribution in [2.45, 2.75) is 45.1 Å². The molecule has 0 rings (SSSR count). The molecule has 0 spiro atoms. The molecule has 0 aromatic heterocycles. The SMILES string of the molecule is CCCC.O.O.O.O.O=C(O)CC(O)(CC(=O)O)C(=O)O.[Ti]. The molecule has 0 saturated heterocycles. The Kier molecular flexibility index (Phi) is 43.2. The second-order valence-electron chi connectivity index (χ2n) is 3.48. The third-order valence-electron chi connectivity index (χ3n) is 1.79. The summed E-state index contributed by atoms with van der Waals surface area (Å²) < 4.78 is 0. The van der Waals surface area contributed by atoms with Crippen LogP contribution < -0.4 is 0 Å². The van der Waals surface area contributed by atoms with E-state index in [1.54, 1.807) is 0 Å². The van der Waals surface area contributed by atoms with Gasteiger partial charge in [-0.05, 0) is 0 Å². The zero-order valence-electron chi connectivity index (χ0n) is 12.3. The zero-order valence-corrected chi connectivity index (χ0v) is 13.9. The van der Waals surface area contributed by atoms with Crippen LogP contribution in [0.25, 0.3) is 0 Å². The van der Waals surface area contributed by atoms with Crippen LogP contribution in [0.3, 0.4) is 0 Å². The van der Waals surface area contributed by atoms with Crippen molar-refractivity contribution in [1.82, 2.24) is 0 Å². The van der Waals surface area contributed by atoms with Gasteiger partial charge in [0.05, 0.1) is 12.8 Å². The van der Waals surface area contributed by atoms with E-state index in [2.05, 4.69) is 13.8 Å². The van der Waals surface area contributed by atoms with Crippen molar-refractivity contribution in [3.8, 4) is 0 Å². The molecule has 0 fully saturated rings. The van der Waals surface area contributed by atoms with Gasteiger partial charge >= 0.3 is 17.9 Å². The largest absolute Gasteiger partial charge is 0.481 e. The van der Waals surface area contributed by atoms with Crippen molar-refractivity contribution in [3.05, 3.63) is 0 Å². The van der Waals surface area contributed by atoms with Crippen LogP contribution in [0.1, 0.15) is 39.5 Å². The Morgan fingerprint density at radius 3 is 1.09 bits per heavy atom. The monoisotopic (exact) mass is 370 g/mol. The first-order valence-corrected chi connectivity index (χ1v) is 5.09. The van der Waals surface area contributed by atoms with Gasteiger partial charge in [-0.15, -0.1) is 0 Å². The molecular weight excluding hydrogens is 344 g/mol. The molecule has 0 aromatic carbocycles. The normalized spacial score (nSPS) is 7.77. The molecule has 0 saturated carbocycles. The summed E-state index contributed by atoms with van der Waals surface area (Å²) in [7, 11) is 0. The van der Waals surface area contributed by atoms with E-state index in [0.29, 0.717) is 0 Å². The van der Waals surface area contributed by atoms with Gasteiger partial charge in [-0.1, -0.05) is 26.7 Å². The van der Waals surface area contributed by atoms with Gasteiger partial charge < -0.3 is 42.3 Å². The minimum atomic E-state index is -2.74. The van der Waals surface area contributed by atoms with Crippen molar-refractivity contribution in [2.24, 2.45) is 0 Å². The number of unbranched alkanes of at least 4 members (excludes halogenated alkanes) is 1. The van der Waals surface area contributed by atoms with E-state index in [0.717, 1.165) is 0 Å². The van der Waals surface area contributed by atoms with Crippen LogP contribution in [-0.2, 0) is 36.1 Å². The quantitative estimate of drug-likeness (QED) is 0.358. The summed E-state index contributed by atoms with van der Waals surface area (Å²) in [6.07, 6.45) is 0.350. The van der Waals surface area contributed by atoms with Crippen molar-refractivity contribution in [3.63, 3.8) is 0 Å². The molecule has 11 nitrogen and oxygen atoms in total. The summed E-state index contributed by atoms with van der Waals surface area (Å²) in [5.41, 5.74) is -2.74. The molecule has 12 N–H and O–H groups in total. The van der Waals surface area contributed by atoms with E-state index < -0.39 is 36.4 Å². The summed E-state index contributed by atoms with van der Waals surface area (Å²) in [5.74, 6) is -5.02. The zero-order chi connectivity index (χ0) is 14.1. The predicted octanol–water partition coefficient (Wildman–Crippen LogP) is -2.74. The molecule has 0 unspecified atom stereocenters. The number of rotatable bonds is 6. The van der Waals surface area contributed by atoms with Gasteiger partial charge in [0, 0.05) is 21.7 Å². The van der Waals surface area contributed by atoms with Gasteiger partial charge in [-0.2, -0.15) is 0 Å². The summed E-state index contributed by atoms with van der Waals surface area (Å²) in [4.78, 5) is 30.5. The molecule has 0 aliphatic carbocycles. The second-order valence-corrected chi connectivity index (χ2v) is 3.48. The summed E-state index contributed by atoms with van der Waals surface area (Å²) >= 11 is 0. The standard InChI is InChI=1S/C6H8O7.C4H10.4H2O.Ti/c7-3(8)1-6(13,5(11)12)2-4(9)10;1-3-4-2;;;;;/h13H,1-2H2,(H,7,8)(H,9,10)(H,11,12);3-4H2,1-2H3;4*1H2;. The molecule has 0 aliphatic heterocycles. The van der Waals surface area contributed by atoms with Crippen molar-refractivity contribution in [2.75, 3.05) is 0 Å². The Morgan fingerprint density at radius 2 is 1.00 bits per heavy atom. The molecule has 0 amide bonds. The molecule has 136 valence electrons. The molecule has 0 heterocycles. The molecule has 0 bridgehead atoms. The molecule has 12 heteroatoms. The van der Waals surface area contributed by atoms with Crippen LogP contribution in [-0.4, -0.2) is 65.8 Å². The van der Waals surface area contributed by atoms with Crippen LogP contribution in [0.2, 0.25) is 0 Å². The van der Waals surface area contributed by atoms with Crippen LogP contribution in [0.15, 0.2) is 0 Å². The van der Waals surface area contributed by atoms with Gasteiger partial charge in [0.15, 0.2) is 5.60 Å². The van der Waals surface area contributed by atoms with Crippen molar-refractivity contribution >= 4 is 17.9 Å². The summed E-state index contributed by atoms with van der Waals surface area (Å²) in [5, 5.41) is 33.8. The van der Waals surface area contributed by atoms with Gasteiger partial charge in [-0.3, -0.25) is 9.59 Å². The molecule has 0 radical (unpaired) electrons. The van der Waals surface area contributed by atoms with E-state index in [1.807, 2.05) is 0 Å². The fourth-order valence-electron chi connectivity index (χ4n) is 0.714. The van der Waals surface area contributed by atoms with E-state index in [-0.39, 0.29) is 43.6 Å². The first-order valence-electron chi connectivity index (χ1n) is 5.09. The van der Waals surface area contributed by atoms with Gasteiger partial charge in [0.1, 0.15) is 0 Å². The van der Waals surface area contributed by atoms with E-state index >= 15 is 0 Å². The van der Waals surface area contributed by atoms with Crippen LogP contribution in [0.5, 0.6) is 0 Å². The van der Waals surface area contributed by atoms with Crippen LogP contribution in [0, 0.1) is 0 Å². The van der Waals surface area contributed by atoms with E-state index in [9.17, 15) is 14.4 Å². The maximum atomic E-state index is 10.3. The minimum Gasteiger partial charge on any atom is -0.481 e. The number of carboxylic acid groups (broad SMARTS) is 3. The Balaban J connectivity index is -0.0000000450. The Labute approximate surface area is 142 Å². The first-order chi connectivity index (χ1) is 7.69. The maximum Gasteiger partial charge on any atom is 0.336 e. The molecule has 0 atom stereocenters. The number of aliphatic carboxylic acids is 3. The Morgan fingerprint density at radius 1 is 0.773 bits per heavy atom. The first kappa shape index (κ1) is 42.8. The van der Waals surface area contributed by atoms with E-state index in [4.69, 9.17) is 20.4 Å².